The van der Waals surface area contributed by atoms with Crippen molar-refractivity contribution in [2.24, 2.45) is 0 Å². The highest BCUT2D eigenvalue weighted by Gasteiger charge is 2.23. The lowest BCUT2D eigenvalue weighted by Gasteiger charge is -2.03. The van der Waals surface area contributed by atoms with Crippen molar-refractivity contribution in [3.05, 3.63) is 40.7 Å². The lowest BCUT2D eigenvalue weighted by Crippen LogP contribution is -2.02. The van der Waals surface area contributed by atoms with Gasteiger partial charge in [-0.15, -0.1) is 0 Å². The number of para-hydroxylation sites is 1. The van der Waals surface area contributed by atoms with E-state index in [4.69, 9.17) is 4.42 Å². The number of aromatic nitrogens is 2. The van der Waals surface area contributed by atoms with Crippen LogP contribution in [-0.2, 0) is 6.54 Å². The van der Waals surface area contributed by atoms with Crippen molar-refractivity contribution in [1.82, 2.24) is 9.78 Å². The van der Waals surface area contributed by atoms with Crippen molar-refractivity contribution >= 4 is 32.9 Å². The Hall–Kier alpha value is -2.08. The molecule has 0 bridgehead atoms. The summed E-state index contributed by atoms with van der Waals surface area (Å²) < 4.78 is 7.65. The fourth-order valence-electron chi connectivity index (χ4n) is 2.22. The van der Waals surface area contributed by atoms with Crippen LogP contribution in [0.4, 0.5) is 0 Å². The van der Waals surface area contributed by atoms with E-state index in [1.54, 1.807) is 10.9 Å². The Kier molecular flexibility index (Phi) is 3.10. The first-order valence-corrected chi connectivity index (χ1v) is 6.89. The van der Waals surface area contributed by atoms with Crippen LogP contribution < -0.4 is 0 Å². The Bertz CT molecular complexity index is 804. The average Bonchev–Trinajstić information content (AvgIpc) is 2.99. The van der Waals surface area contributed by atoms with Crippen molar-refractivity contribution < 1.29 is 14.3 Å². The first-order chi connectivity index (χ1) is 9.63. The van der Waals surface area contributed by atoms with Gasteiger partial charge in [-0.3, -0.25) is 4.68 Å². The molecular weight excluding hydrogens is 324 g/mol. The lowest BCUT2D eigenvalue weighted by atomic mass is 10.1. The Morgan fingerprint density at radius 1 is 1.45 bits per heavy atom. The zero-order valence-electron chi connectivity index (χ0n) is 10.6. The molecule has 5 nitrogen and oxygen atoms in total. The fourth-order valence-corrected chi connectivity index (χ4v) is 2.89. The number of nitrogens with zero attached hydrogens (tertiary/aromatic N) is 2. The second-order valence-corrected chi connectivity index (χ2v) is 5.07. The molecule has 0 unspecified atom stereocenters. The Labute approximate surface area is 122 Å². The molecule has 0 saturated carbocycles. The number of benzene rings is 1. The first-order valence-electron chi connectivity index (χ1n) is 6.09. The van der Waals surface area contributed by atoms with Gasteiger partial charge in [0.2, 0.25) is 0 Å². The molecule has 1 N–H and O–H groups in total. The van der Waals surface area contributed by atoms with Crippen molar-refractivity contribution in [3.63, 3.8) is 0 Å². The van der Waals surface area contributed by atoms with Gasteiger partial charge < -0.3 is 9.52 Å². The van der Waals surface area contributed by atoms with E-state index in [-0.39, 0.29) is 5.69 Å². The number of carboxylic acid groups (broad SMARTS) is 1. The first kappa shape index (κ1) is 12.9. The van der Waals surface area contributed by atoms with Gasteiger partial charge in [0.15, 0.2) is 5.69 Å². The predicted octanol–water partition coefficient (Wildman–Crippen LogP) is 3.78. The smallest absolute Gasteiger partial charge is 0.357 e. The second kappa shape index (κ2) is 4.79. The van der Waals surface area contributed by atoms with Crippen LogP contribution in [0.25, 0.3) is 22.2 Å². The number of fused-ring (bicyclic) bond motifs is 1. The molecular formula is C14H11BrN2O3. The Morgan fingerprint density at radius 2 is 2.20 bits per heavy atom. The normalized spacial score (nSPS) is 11.1. The van der Waals surface area contributed by atoms with E-state index in [2.05, 4.69) is 21.0 Å². The van der Waals surface area contributed by atoms with E-state index >= 15 is 0 Å². The third-order valence-electron chi connectivity index (χ3n) is 3.13. The highest BCUT2D eigenvalue weighted by atomic mass is 79.9. The number of aryl methyl sites for hydroxylation is 1. The molecule has 0 atom stereocenters. The van der Waals surface area contributed by atoms with Gasteiger partial charge in [0.1, 0.15) is 11.8 Å². The highest BCUT2D eigenvalue weighted by Crippen LogP contribution is 2.36. The van der Waals surface area contributed by atoms with E-state index in [1.165, 1.54) is 0 Å². The number of halogens is 1. The van der Waals surface area contributed by atoms with Gasteiger partial charge in [-0.05, 0) is 28.9 Å². The molecule has 3 aromatic rings. The molecule has 0 saturated heterocycles. The van der Waals surface area contributed by atoms with Crippen LogP contribution >= 0.6 is 15.9 Å². The minimum atomic E-state index is -1.06. The average molecular weight is 335 g/mol. The van der Waals surface area contributed by atoms with E-state index in [9.17, 15) is 9.90 Å². The number of rotatable bonds is 3. The van der Waals surface area contributed by atoms with Gasteiger partial charge in [0.05, 0.1) is 10.2 Å². The molecule has 0 aliphatic heterocycles. The summed E-state index contributed by atoms with van der Waals surface area (Å²) in [5.41, 5.74) is 2.31. The molecule has 0 fully saturated rings. The number of carboxylic acids is 1. The van der Waals surface area contributed by atoms with Crippen LogP contribution in [0, 0.1) is 0 Å². The summed E-state index contributed by atoms with van der Waals surface area (Å²) >= 11 is 3.34. The van der Waals surface area contributed by atoms with Gasteiger partial charge in [-0.25, -0.2) is 4.79 Å². The summed E-state index contributed by atoms with van der Waals surface area (Å²) in [6.07, 6.45) is 1.63. The monoisotopic (exact) mass is 334 g/mol. The van der Waals surface area contributed by atoms with Gasteiger partial charge >= 0.3 is 5.97 Å². The molecule has 1 aromatic carbocycles. The third kappa shape index (κ3) is 1.84. The topological polar surface area (TPSA) is 68.3 Å². The summed E-state index contributed by atoms with van der Waals surface area (Å²) in [6, 6.07) is 7.62. The summed E-state index contributed by atoms with van der Waals surface area (Å²) in [5, 5.41) is 14.2. The molecule has 0 radical (unpaired) electrons. The largest absolute Gasteiger partial charge is 0.476 e. The molecule has 20 heavy (non-hydrogen) atoms. The minimum Gasteiger partial charge on any atom is -0.476 e. The SMILES string of the molecule is CCn1nc(C(=O)O)c(Br)c1-c1coc2ccccc12. The van der Waals surface area contributed by atoms with E-state index in [0.717, 1.165) is 22.2 Å². The summed E-state index contributed by atoms with van der Waals surface area (Å²) in [7, 11) is 0. The van der Waals surface area contributed by atoms with Crippen LogP contribution in [0.1, 0.15) is 17.4 Å². The maximum Gasteiger partial charge on any atom is 0.357 e. The number of carbonyl (C=O) groups is 1. The van der Waals surface area contributed by atoms with Gasteiger partial charge in [-0.1, -0.05) is 18.2 Å². The van der Waals surface area contributed by atoms with Crippen LogP contribution in [0.3, 0.4) is 0 Å². The van der Waals surface area contributed by atoms with E-state index in [1.807, 2.05) is 31.2 Å². The van der Waals surface area contributed by atoms with Crippen molar-refractivity contribution in [2.45, 2.75) is 13.5 Å². The quantitative estimate of drug-likeness (QED) is 0.791. The standard InChI is InChI=1S/C14H11BrN2O3/c1-2-17-13(11(15)12(16-17)14(18)19)9-7-20-10-6-4-3-5-8(9)10/h3-7H,2H2,1H3,(H,18,19). The van der Waals surface area contributed by atoms with Gasteiger partial charge in [0.25, 0.3) is 0 Å². The molecule has 6 heteroatoms. The second-order valence-electron chi connectivity index (χ2n) is 4.28. The molecule has 0 aliphatic rings. The number of furan rings is 1. The molecule has 0 amide bonds. The van der Waals surface area contributed by atoms with E-state index < -0.39 is 5.97 Å². The summed E-state index contributed by atoms with van der Waals surface area (Å²) in [6.45, 7) is 2.48. The maximum absolute atomic E-state index is 11.2. The van der Waals surface area contributed by atoms with Gasteiger partial charge in [-0.2, -0.15) is 5.10 Å². The van der Waals surface area contributed by atoms with Crippen LogP contribution in [0.5, 0.6) is 0 Å². The number of hydrogen-bond donors (Lipinski definition) is 1. The number of hydrogen-bond acceptors (Lipinski definition) is 3. The Morgan fingerprint density at radius 3 is 2.90 bits per heavy atom. The fraction of sp³-hybridized carbons (Fsp3) is 0.143. The molecule has 0 spiro atoms. The molecule has 3 rings (SSSR count). The van der Waals surface area contributed by atoms with Crippen LogP contribution in [0.15, 0.2) is 39.4 Å². The van der Waals surface area contributed by atoms with Crippen molar-refractivity contribution in [2.75, 3.05) is 0 Å². The zero-order chi connectivity index (χ0) is 14.3. The van der Waals surface area contributed by atoms with Crippen LogP contribution in [-0.4, -0.2) is 20.9 Å². The minimum absolute atomic E-state index is 0.00660. The maximum atomic E-state index is 11.2. The predicted molar refractivity (Wildman–Crippen MR) is 77.8 cm³/mol. The zero-order valence-corrected chi connectivity index (χ0v) is 12.2. The lowest BCUT2D eigenvalue weighted by molar-refractivity contribution is 0.0688. The van der Waals surface area contributed by atoms with Gasteiger partial charge in [0, 0.05) is 17.5 Å². The Balaban J connectivity index is 2.31. The van der Waals surface area contributed by atoms with Crippen LogP contribution in [0.2, 0.25) is 0 Å². The molecule has 102 valence electrons. The van der Waals surface area contributed by atoms with Crippen molar-refractivity contribution in [1.29, 1.82) is 0 Å². The summed E-state index contributed by atoms with van der Waals surface area (Å²) in [4.78, 5) is 11.2. The summed E-state index contributed by atoms with van der Waals surface area (Å²) in [5.74, 6) is -1.06. The number of aromatic carboxylic acids is 1. The highest BCUT2D eigenvalue weighted by molar-refractivity contribution is 9.10. The van der Waals surface area contributed by atoms with Crippen molar-refractivity contribution in [3.8, 4) is 11.3 Å². The van der Waals surface area contributed by atoms with E-state index in [0.29, 0.717) is 11.0 Å². The molecule has 0 aliphatic carbocycles. The molecule has 2 heterocycles. The third-order valence-corrected chi connectivity index (χ3v) is 3.88. The molecule has 2 aromatic heterocycles.